The van der Waals surface area contributed by atoms with Gasteiger partial charge in [0.05, 0.1) is 18.3 Å². The zero-order chi connectivity index (χ0) is 16.8. The molecule has 122 valence electrons. The number of amides is 1. The van der Waals surface area contributed by atoms with Crippen molar-refractivity contribution in [1.82, 2.24) is 9.88 Å². The SMILES string of the molecule is COc1cc(C(=O)N(C)CC(=O)O)ccc1OCc1cscn1. The van der Waals surface area contributed by atoms with Gasteiger partial charge < -0.3 is 19.5 Å². The van der Waals surface area contributed by atoms with Gasteiger partial charge in [0.15, 0.2) is 11.5 Å². The van der Waals surface area contributed by atoms with E-state index in [0.717, 1.165) is 10.6 Å². The summed E-state index contributed by atoms with van der Waals surface area (Å²) in [6.07, 6.45) is 0. The number of carbonyl (C=O) groups excluding carboxylic acids is 1. The standard InChI is InChI=1S/C15H16N2O5S/c1-17(6-14(18)19)15(20)10-3-4-12(13(5-10)21-2)22-7-11-8-23-9-16-11/h3-5,8-9H,6-7H2,1-2H3,(H,18,19). The molecule has 7 nitrogen and oxygen atoms in total. The van der Waals surface area contributed by atoms with Gasteiger partial charge in [-0.15, -0.1) is 11.3 Å². The van der Waals surface area contributed by atoms with E-state index in [1.165, 1.54) is 31.6 Å². The molecule has 0 aliphatic rings. The summed E-state index contributed by atoms with van der Waals surface area (Å²) in [4.78, 5) is 28.1. The van der Waals surface area contributed by atoms with Crippen LogP contribution in [0.25, 0.3) is 0 Å². The summed E-state index contributed by atoms with van der Waals surface area (Å²) >= 11 is 1.48. The van der Waals surface area contributed by atoms with Crippen LogP contribution >= 0.6 is 11.3 Å². The lowest BCUT2D eigenvalue weighted by Crippen LogP contribution is -2.31. The number of benzene rings is 1. The smallest absolute Gasteiger partial charge is 0.323 e. The highest BCUT2D eigenvalue weighted by Gasteiger charge is 2.17. The molecule has 1 heterocycles. The molecule has 0 unspecified atom stereocenters. The second-order valence-corrected chi connectivity index (χ2v) is 5.41. The van der Waals surface area contributed by atoms with Gasteiger partial charge in [0.1, 0.15) is 13.2 Å². The number of thiazole rings is 1. The Morgan fingerprint density at radius 1 is 1.35 bits per heavy atom. The van der Waals surface area contributed by atoms with E-state index in [2.05, 4.69) is 4.98 Å². The fourth-order valence-electron chi connectivity index (χ4n) is 1.88. The first-order valence-corrected chi connectivity index (χ1v) is 7.60. The lowest BCUT2D eigenvalue weighted by molar-refractivity contribution is -0.137. The quantitative estimate of drug-likeness (QED) is 0.830. The van der Waals surface area contributed by atoms with Crippen molar-refractivity contribution in [2.75, 3.05) is 20.7 Å². The van der Waals surface area contributed by atoms with Gasteiger partial charge in [-0.1, -0.05) is 0 Å². The van der Waals surface area contributed by atoms with E-state index in [-0.39, 0.29) is 6.54 Å². The van der Waals surface area contributed by atoms with E-state index in [4.69, 9.17) is 14.6 Å². The Balaban J connectivity index is 2.12. The number of carbonyl (C=O) groups is 2. The molecule has 0 fully saturated rings. The largest absolute Gasteiger partial charge is 0.493 e. The van der Waals surface area contributed by atoms with Crippen molar-refractivity contribution in [3.05, 3.63) is 40.3 Å². The van der Waals surface area contributed by atoms with Crippen LogP contribution in [-0.2, 0) is 11.4 Å². The molecule has 0 aliphatic carbocycles. The third-order valence-corrected chi connectivity index (χ3v) is 3.62. The lowest BCUT2D eigenvalue weighted by atomic mass is 10.1. The van der Waals surface area contributed by atoms with Gasteiger partial charge in [-0.2, -0.15) is 0 Å². The fourth-order valence-corrected chi connectivity index (χ4v) is 2.42. The fraction of sp³-hybridized carbons (Fsp3) is 0.267. The molecule has 1 aromatic carbocycles. The molecule has 0 saturated carbocycles. The number of hydrogen-bond donors (Lipinski definition) is 1. The maximum Gasteiger partial charge on any atom is 0.323 e. The number of aliphatic carboxylic acids is 1. The first-order chi connectivity index (χ1) is 11.0. The van der Waals surface area contributed by atoms with Crippen molar-refractivity contribution >= 4 is 23.2 Å². The lowest BCUT2D eigenvalue weighted by Gasteiger charge is -2.16. The maximum absolute atomic E-state index is 12.2. The molecule has 2 rings (SSSR count). The van der Waals surface area contributed by atoms with Crippen LogP contribution < -0.4 is 9.47 Å². The molecule has 23 heavy (non-hydrogen) atoms. The summed E-state index contributed by atoms with van der Waals surface area (Å²) in [6, 6.07) is 4.71. The molecular weight excluding hydrogens is 320 g/mol. The van der Waals surface area contributed by atoms with Crippen molar-refractivity contribution < 1.29 is 24.2 Å². The van der Waals surface area contributed by atoms with Gasteiger partial charge in [0, 0.05) is 18.0 Å². The third kappa shape index (κ3) is 4.43. The molecule has 0 radical (unpaired) electrons. The molecule has 0 bridgehead atoms. The van der Waals surface area contributed by atoms with E-state index in [9.17, 15) is 9.59 Å². The van der Waals surface area contributed by atoms with Gasteiger partial charge >= 0.3 is 5.97 Å². The van der Waals surface area contributed by atoms with Gasteiger partial charge in [0.2, 0.25) is 0 Å². The third-order valence-electron chi connectivity index (χ3n) is 2.99. The van der Waals surface area contributed by atoms with E-state index in [0.29, 0.717) is 23.7 Å². The van der Waals surface area contributed by atoms with Crippen molar-refractivity contribution in [3.8, 4) is 11.5 Å². The zero-order valence-electron chi connectivity index (χ0n) is 12.7. The van der Waals surface area contributed by atoms with Crippen molar-refractivity contribution in [2.24, 2.45) is 0 Å². The number of methoxy groups -OCH3 is 1. The first kappa shape index (κ1) is 16.8. The van der Waals surface area contributed by atoms with Crippen LogP contribution in [-0.4, -0.2) is 47.6 Å². The highest BCUT2D eigenvalue weighted by atomic mass is 32.1. The molecular formula is C15H16N2O5S. The van der Waals surface area contributed by atoms with Gasteiger partial charge in [0.25, 0.3) is 5.91 Å². The highest BCUT2D eigenvalue weighted by Crippen LogP contribution is 2.29. The molecule has 0 saturated heterocycles. The van der Waals surface area contributed by atoms with Crippen LogP contribution in [0.5, 0.6) is 11.5 Å². The van der Waals surface area contributed by atoms with Crippen LogP contribution in [0.2, 0.25) is 0 Å². The molecule has 1 amide bonds. The number of rotatable bonds is 7. The second-order valence-electron chi connectivity index (χ2n) is 4.69. The average molecular weight is 336 g/mol. The predicted molar refractivity (Wildman–Crippen MR) is 84.0 cm³/mol. The summed E-state index contributed by atoms with van der Waals surface area (Å²) in [5.74, 6) is -0.597. The minimum atomic E-state index is -1.07. The minimum absolute atomic E-state index is 0.298. The van der Waals surface area contributed by atoms with Crippen LogP contribution in [0.4, 0.5) is 0 Å². The van der Waals surface area contributed by atoms with Crippen molar-refractivity contribution in [1.29, 1.82) is 0 Å². The Kier molecular flexibility index (Phi) is 5.53. The van der Waals surface area contributed by atoms with E-state index >= 15 is 0 Å². The number of aromatic nitrogens is 1. The normalized spacial score (nSPS) is 10.2. The van der Waals surface area contributed by atoms with Gasteiger partial charge in [-0.25, -0.2) is 4.98 Å². The summed E-state index contributed by atoms with van der Waals surface area (Å²) in [6.45, 7) is -0.0741. The van der Waals surface area contributed by atoms with E-state index < -0.39 is 11.9 Å². The van der Waals surface area contributed by atoms with Crippen molar-refractivity contribution in [2.45, 2.75) is 6.61 Å². The Bertz CT molecular complexity index is 687. The molecule has 8 heteroatoms. The summed E-state index contributed by atoms with van der Waals surface area (Å²) < 4.78 is 10.9. The Morgan fingerprint density at radius 3 is 2.74 bits per heavy atom. The predicted octanol–water partition coefficient (Wildman–Crippen LogP) is 1.89. The van der Waals surface area contributed by atoms with E-state index in [1.54, 1.807) is 17.6 Å². The number of nitrogens with zero attached hydrogens (tertiary/aromatic N) is 2. The summed E-state index contributed by atoms with van der Waals surface area (Å²) in [5, 5.41) is 10.6. The van der Waals surface area contributed by atoms with Crippen LogP contribution in [0.3, 0.4) is 0 Å². The number of hydrogen-bond acceptors (Lipinski definition) is 6. The Labute approximate surface area is 137 Å². The number of ether oxygens (including phenoxy) is 2. The monoisotopic (exact) mass is 336 g/mol. The minimum Gasteiger partial charge on any atom is -0.493 e. The van der Waals surface area contributed by atoms with Crippen LogP contribution in [0.1, 0.15) is 16.1 Å². The second kappa shape index (κ2) is 7.59. The van der Waals surface area contributed by atoms with Gasteiger partial charge in [-0.05, 0) is 18.2 Å². The van der Waals surface area contributed by atoms with Gasteiger partial charge in [-0.3, -0.25) is 9.59 Å². The molecule has 0 atom stereocenters. The van der Waals surface area contributed by atoms with Crippen LogP contribution in [0.15, 0.2) is 29.1 Å². The first-order valence-electron chi connectivity index (χ1n) is 6.66. The molecule has 2 aromatic rings. The molecule has 0 spiro atoms. The Morgan fingerprint density at radius 2 is 2.13 bits per heavy atom. The molecule has 1 N–H and O–H groups in total. The number of carboxylic acid groups (broad SMARTS) is 1. The summed E-state index contributed by atoms with van der Waals surface area (Å²) in [7, 11) is 2.90. The van der Waals surface area contributed by atoms with E-state index in [1.807, 2.05) is 5.38 Å². The average Bonchev–Trinajstić information content (AvgIpc) is 3.04. The summed E-state index contributed by atoms with van der Waals surface area (Å²) in [5.41, 5.74) is 2.85. The topological polar surface area (TPSA) is 89.0 Å². The highest BCUT2D eigenvalue weighted by molar-refractivity contribution is 7.07. The maximum atomic E-state index is 12.2. The Hall–Kier alpha value is -2.61. The molecule has 1 aromatic heterocycles. The number of carboxylic acids is 1. The van der Waals surface area contributed by atoms with Crippen molar-refractivity contribution in [3.63, 3.8) is 0 Å². The van der Waals surface area contributed by atoms with Crippen LogP contribution in [0, 0.1) is 0 Å². The zero-order valence-corrected chi connectivity index (χ0v) is 13.5. The number of likely N-dealkylation sites (N-methyl/N-ethyl adjacent to an activating group) is 1. The molecule has 0 aliphatic heterocycles.